The molecule has 19 heavy (non-hydrogen) atoms. The molecule has 0 atom stereocenters. The van der Waals surface area contributed by atoms with Crippen molar-refractivity contribution in [1.29, 1.82) is 0 Å². The number of hydrogen-bond acceptors (Lipinski definition) is 4. The van der Waals surface area contributed by atoms with Crippen molar-refractivity contribution in [2.24, 2.45) is 5.73 Å². The minimum Gasteiger partial charge on any atom is -0.373 e. The van der Waals surface area contributed by atoms with Gasteiger partial charge in [0, 0.05) is 25.2 Å². The van der Waals surface area contributed by atoms with Crippen molar-refractivity contribution in [1.82, 2.24) is 10.3 Å². The van der Waals surface area contributed by atoms with Crippen molar-refractivity contribution in [2.75, 3.05) is 12.4 Å². The molecule has 0 aliphatic carbocycles. The topological polar surface area (TPSA) is 97.1 Å². The Bertz CT molecular complexity index is 503. The molecule has 104 valence electrons. The van der Waals surface area contributed by atoms with Crippen molar-refractivity contribution in [3.05, 3.63) is 22.8 Å². The first-order chi connectivity index (χ1) is 8.75. The van der Waals surface area contributed by atoms with E-state index in [-0.39, 0.29) is 17.4 Å². The van der Waals surface area contributed by atoms with E-state index in [1.807, 2.05) is 0 Å². The summed E-state index contributed by atoms with van der Waals surface area (Å²) in [6.45, 7) is 3.42. The number of nitrogens with zero attached hydrogens (tertiary/aromatic N) is 1. The lowest BCUT2D eigenvalue weighted by molar-refractivity contribution is -0.119. The predicted octanol–water partition coefficient (Wildman–Crippen LogP) is 1.16. The second-order valence-electron chi connectivity index (χ2n) is 4.78. The third kappa shape index (κ3) is 4.40. The molecule has 1 heterocycles. The number of hydrogen-bond donors (Lipinski definition) is 3. The Balaban J connectivity index is 2.92. The summed E-state index contributed by atoms with van der Waals surface area (Å²) >= 11 is 5.94. The van der Waals surface area contributed by atoms with Crippen LogP contribution in [0.1, 0.15) is 30.6 Å². The molecule has 2 amide bonds. The van der Waals surface area contributed by atoms with Gasteiger partial charge < -0.3 is 16.4 Å². The molecule has 7 heteroatoms. The van der Waals surface area contributed by atoms with Gasteiger partial charge in [-0.25, -0.2) is 4.98 Å². The lowest BCUT2D eigenvalue weighted by Gasteiger charge is -2.25. The van der Waals surface area contributed by atoms with Crippen LogP contribution in [0.15, 0.2) is 12.3 Å². The van der Waals surface area contributed by atoms with Gasteiger partial charge in [0.1, 0.15) is 5.82 Å². The zero-order valence-corrected chi connectivity index (χ0v) is 11.8. The van der Waals surface area contributed by atoms with E-state index >= 15 is 0 Å². The maximum Gasteiger partial charge on any atom is 0.253 e. The summed E-state index contributed by atoms with van der Waals surface area (Å²) in [4.78, 5) is 27.0. The molecular formula is C12H17ClN4O2. The van der Waals surface area contributed by atoms with Crippen molar-refractivity contribution in [3.63, 3.8) is 0 Å². The number of pyridine rings is 1. The molecule has 0 fully saturated rings. The van der Waals surface area contributed by atoms with Gasteiger partial charge in [-0.1, -0.05) is 11.6 Å². The van der Waals surface area contributed by atoms with E-state index in [1.165, 1.54) is 12.3 Å². The van der Waals surface area contributed by atoms with E-state index < -0.39 is 11.4 Å². The third-order valence-electron chi connectivity index (χ3n) is 2.42. The molecule has 0 spiro atoms. The first-order valence-electron chi connectivity index (χ1n) is 5.69. The monoisotopic (exact) mass is 284 g/mol. The smallest absolute Gasteiger partial charge is 0.253 e. The van der Waals surface area contributed by atoms with Crippen LogP contribution in [0, 0.1) is 0 Å². The number of amides is 2. The first kappa shape index (κ1) is 15.2. The zero-order valence-electron chi connectivity index (χ0n) is 11.1. The second-order valence-corrected chi connectivity index (χ2v) is 5.19. The van der Waals surface area contributed by atoms with Gasteiger partial charge in [0.05, 0.1) is 10.6 Å². The normalized spacial score (nSPS) is 10.9. The molecule has 1 aromatic heterocycles. The number of carbonyl (C=O) groups is 2. The summed E-state index contributed by atoms with van der Waals surface area (Å²) in [5.74, 6) is -0.334. The Morgan fingerprint density at radius 1 is 1.47 bits per heavy atom. The van der Waals surface area contributed by atoms with Gasteiger partial charge in [-0.15, -0.1) is 0 Å². The Hall–Kier alpha value is -1.82. The number of anilines is 1. The Morgan fingerprint density at radius 3 is 2.63 bits per heavy atom. The van der Waals surface area contributed by atoms with Gasteiger partial charge in [0.25, 0.3) is 5.91 Å². The highest BCUT2D eigenvalue weighted by molar-refractivity contribution is 6.33. The lowest BCUT2D eigenvalue weighted by atomic mass is 9.99. The van der Waals surface area contributed by atoms with E-state index in [2.05, 4.69) is 15.6 Å². The van der Waals surface area contributed by atoms with Crippen LogP contribution in [0.4, 0.5) is 5.82 Å². The summed E-state index contributed by atoms with van der Waals surface area (Å²) in [6, 6.07) is 1.54. The number of carbonyl (C=O) groups excluding carboxylic acids is 2. The largest absolute Gasteiger partial charge is 0.373 e. The van der Waals surface area contributed by atoms with Gasteiger partial charge in [-0.05, 0) is 19.9 Å². The van der Waals surface area contributed by atoms with Crippen molar-refractivity contribution in [3.8, 4) is 0 Å². The van der Waals surface area contributed by atoms with Crippen LogP contribution < -0.4 is 16.4 Å². The summed E-state index contributed by atoms with van der Waals surface area (Å²) < 4.78 is 0. The highest BCUT2D eigenvalue weighted by Gasteiger charge is 2.24. The molecule has 0 bridgehead atoms. The number of primary amides is 1. The molecule has 0 aliphatic heterocycles. The minimum atomic E-state index is -0.741. The van der Waals surface area contributed by atoms with Crippen molar-refractivity contribution < 1.29 is 9.59 Å². The van der Waals surface area contributed by atoms with E-state index in [4.69, 9.17) is 17.3 Å². The molecule has 6 nitrogen and oxygen atoms in total. The number of aromatic nitrogens is 1. The average Bonchev–Trinajstić information content (AvgIpc) is 2.26. The molecule has 1 aromatic rings. The molecule has 1 rings (SSSR count). The maximum atomic E-state index is 12.1. The SMILES string of the molecule is CNc1cc(C(=O)NC(C)(C)CC(N)=O)c(Cl)cn1. The van der Waals surface area contributed by atoms with Crippen LogP contribution in [0.2, 0.25) is 5.02 Å². The van der Waals surface area contributed by atoms with Crippen LogP contribution in [0.5, 0.6) is 0 Å². The van der Waals surface area contributed by atoms with Gasteiger partial charge in [-0.2, -0.15) is 0 Å². The lowest BCUT2D eigenvalue weighted by Crippen LogP contribution is -2.46. The van der Waals surface area contributed by atoms with Crippen LogP contribution in [0.25, 0.3) is 0 Å². The Labute approximate surface area is 116 Å². The zero-order chi connectivity index (χ0) is 14.6. The summed E-state index contributed by atoms with van der Waals surface area (Å²) in [5, 5.41) is 5.78. The first-order valence-corrected chi connectivity index (χ1v) is 6.07. The van der Waals surface area contributed by atoms with E-state index in [9.17, 15) is 9.59 Å². The molecular weight excluding hydrogens is 268 g/mol. The van der Waals surface area contributed by atoms with Crippen LogP contribution in [-0.4, -0.2) is 29.4 Å². The molecule has 0 unspecified atom stereocenters. The third-order valence-corrected chi connectivity index (χ3v) is 2.73. The van der Waals surface area contributed by atoms with Crippen molar-refractivity contribution in [2.45, 2.75) is 25.8 Å². The summed E-state index contributed by atoms with van der Waals surface area (Å²) in [7, 11) is 1.69. The van der Waals surface area contributed by atoms with Crippen LogP contribution >= 0.6 is 11.6 Å². The second kappa shape index (κ2) is 5.88. The van der Waals surface area contributed by atoms with Gasteiger partial charge in [-0.3, -0.25) is 9.59 Å². The number of nitrogens with two attached hydrogens (primary N) is 1. The number of halogens is 1. The van der Waals surface area contributed by atoms with Gasteiger partial charge in [0.2, 0.25) is 5.91 Å². The maximum absolute atomic E-state index is 12.1. The Morgan fingerprint density at radius 2 is 2.11 bits per heavy atom. The summed E-state index contributed by atoms with van der Waals surface area (Å²) in [5.41, 5.74) is 4.68. The fourth-order valence-electron chi connectivity index (χ4n) is 1.60. The van der Waals surface area contributed by atoms with Gasteiger partial charge >= 0.3 is 0 Å². The Kier molecular flexibility index (Phi) is 4.72. The molecule has 0 saturated carbocycles. The van der Waals surface area contributed by atoms with E-state index in [1.54, 1.807) is 20.9 Å². The standard InChI is InChI=1S/C12H17ClN4O2/c1-12(2,5-9(14)18)17-11(19)7-4-10(15-3)16-6-8(7)13/h4,6H,5H2,1-3H3,(H2,14,18)(H,15,16)(H,17,19). The minimum absolute atomic E-state index is 0.0420. The number of nitrogens with one attached hydrogen (secondary N) is 2. The van der Waals surface area contributed by atoms with E-state index in [0.717, 1.165) is 0 Å². The molecule has 0 aliphatic rings. The number of rotatable bonds is 5. The highest BCUT2D eigenvalue weighted by Crippen LogP contribution is 2.19. The molecule has 0 aromatic carbocycles. The quantitative estimate of drug-likeness (QED) is 0.756. The van der Waals surface area contributed by atoms with Crippen molar-refractivity contribution >= 4 is 29.2 Å². The van der Waals surface area contributed by atoms with Crippen LogP contribution in [-0.2, 0) is 4.79 Å². The van der Waals surface area contributed by atoms with E-state index in [0.29, 0.717) is 11.4 Å². The molecule has 0 radical (unpaired) electrons. The fraction of sp³-hybridized carbons (Fsp3) is 0.417. The fourth-order valence-corrected chi connectivity index (χ4v) is 1.79. The average molecular weight is 285 g/mol. The molecule has 4 N–H and O–H groups in total. The summed E-state index contributed by atoms with van der Waals surface area (Å²) in [6.07, 6.45) is 1.43. The van der Waals surface area contributed by atoms with Crippen LogP contribution in [0.3, 0.4) is 0 Å². The predicted molar refractivity (Wildman–Crippen MR) is 74.2 cm³/mol. The van der Waals surface area contributed by atoms with Gasteiger partial charge in [0.15, 0.2) is 0 Å². The highest BCUT2D eigenvalue weighted by atomic mass is 35.5. The molecule has 0 saturated heterocycles.